The number of rotatable bonds is 4. The second kappa shape index (κ2) is 7.19. The first kappa shape index (κ1) is 17.8. The van der Waals surface area contributed by atoms with Crippen molar-refractivity contribution in [1.29, 1.82) is 0 Å². The van der Waals surface area contributed by atoms with Crippen LogP contribution in [0.4, 0.5) is 0 Å². The van der Waals surface area contributed by atoms with Crippen molar-refractivity contribution in [3.63, 3.8) is 0 Å². The smallest absolute Gasteiger partial charge is 0.244 e. The largest absolute Gasteiger partial charge is 0.387 e. The van der Waals surface area contributed by atoms with Crippen LogP contribution in [-0.2, 0) is 23.0 Å². The van der Waals surface area contributed by atoms with E-state index in [9.17, 15) is 13.5 Å². The van der Waals surface area contributed by atoms with Crippen LogP contribution in [0.5, 0.6) is 0 Å². The van der Waals surface area contributed by atoms with Gasteiger partial charge in [0.05, 0.1) is 17.0 Å². The van der Waals surface area contributed by atoms with Gasteiger partial charge in [0.25, 0.3) is 0 Å². The fourth-order valence-electron chi connectivity index (χ4n) is 3.48. The lowest BCUT2D eigenvalue weighted by Gasteiger charge is -2.39. The first-order chi connectivity index (χ1) is 13.1. The zero-order valence-corrected chi connectivity index (χ0v) is 15.3. The molecule has 6 nitrogen and oxygen atoms in total. The molecule has 0 unspecified atom stereocenters. The van der Waals surface area contributed by atoms with E-state index >= 15 is 0 Å². The van der Waals surface area contributed by atoms with Crippen molar-refractivity contribution in [2.75, 3.05) is 0 Å². The topological polar surface area (TPSA) is 83.4 Å². The summed E-state index contributed by atoms with van der Waals surface area (Å²) in [6, 6.07) is 13.3. The highest BCUT2D eigenvalue weighted by atomic mass is 32.2. The summed E-state index contributed by atoms with van der Waals surface area (Å²) in [6.07, 6.45) is 6.09. The molecule has 27 heavy (non-hydrogen) atoms. The molecule has 0 aliphatic carbocycles. The standard InChI is InChI=1S/C20H19N3O3S/c24-20-17-5-1-2-6-19(17)27(25,26)23(14-16-4-3-9-22-13-16)18(20)12-15-7-10-21-11-8-15/h1-11,13,18,20,24H,12,14H2/t18-,20-/m0/s1. The molecule has 7 heteroatoms. The first-order valence-corrected chi connectivity index (χ1v) is 10.1. The molecule has 0 saturated heterocycles. The van der Waals surface area contributed by atoms with Gasteiger partial charge in [0.1, 0.15) is 0 Å². The van der Waals surface area contributed by atoms with Gasteiger partial charge >= 0.3 is 0 Å². The maximum absolute atomic E-state index is 13.3. The fraction of sp³-hybridized carbons (Fsp3) is 0.200. The number of aromatic nitrogens is 2. The highest BCUT2D eigenvalue weighted by Crippen LogP contribution is 2.38. The molecule has 3 heterocycles. The Morgan fingerprint density at radius 2 is 1.70 bits per heavy atom. The van der Waals surface area contributed by atoms with E-state index in [1.165, 1.54) is 4.31 Å². The Bertz CT molecular complexity index is 1030. The van der Waals surface area contributed by atoms with Gasteiger partial charge in [0.2, 0.25) is 10.0 Å². The molecule has 4 rings (SSSR count). The summed E-state index contributed by atoms with van der Waals surface area (Å²) in [5, 5.41) is 11.0. The molecule has 0 saturated carbocycles. The number of hydrogen-bond acceptors (Lipinski definition) is 5. The Hall–Kier alpha value is -2.61. The number of fused-ring (bicyclic) bond motifs is 1. The van der Waals surface area contributed by atoms with E-state index in [4.69, 9.17) is 0 Å². The van der Waals surface area contributed by atoms with Crippen LogP contribution in [0.25, 0.3) is 0 Å². The molecular formula is C20H19N3O3S. The Balaban J connectivity index is 1.80. The molecule has 1 aliphatic heterocycles. The van der Waals surface area contributed by atoms with Crippen LogP contribution in [0.15, 0.2) is 78.2 Å². The van der Waals surface area contributed by atoms with E-state index in [2.05, 4.69) is 9.97 Å². The second-order valence-corrected chi connectivity index (χ2v) is 8.38. The average molecular weight is 381 g/mol. The van der Waals surface area contributed by atoms with Crippen LogP contribution in [0.3, 0.4) is 0 Å². The summed E-state index contributed by atoms with van der Waals surface area (Å²) in [4.78, 5) is 8.24. The number of aliphatic hydroxyl groups is 1. The van der Waals surface area contributed by atoms with Gasteiger partial charge in [0.15, 0.2) is 0 Å². The van der Waals surface area contributed by atoms with Crippen molar-refractivity contribution in [2.24, 2.45) is 0 Å². The molecule has 1 N–H and O–H groups in total. The summed E-state index contributed by atoms with van der Waals surface area (Å²) in [7, 11) is -3.75. The third kappa shape index (κ3) is 3.37. The van der Waals surface area contributed by atoms with Crippen LogP contribution in [0.2, 0.25) is 0 Å². The third-order valence-electron chi connectivity index (χ3n) is 4.81. The summed E-state index contributed by atoms with van der Waals surface area (Å²) >= 11 is 0. The molecule has 0 radical (unpaired) electrons. The average Bonchev–Trinajstić information content (AvgIpc) is 2.71. The fourth-order valence-corrected chi connectivity index (χ4v) is 5.33. The summed E-state index contributed by atoms with van der Waals surface area (Å²) in [5.41, 5.74) is 2.13. The lowest BCUT2D eigenvalue weighted by molar-refractivity contribution is 0.0769. The van der Waals surface area contributed by atoms with Crippen molar-refractivity contribution in [2.45, 2.75) is 30.0 Å². The second-order valence-electron chi connectivity index (χ2n) is 6.52. The molecular weight excluding hydrogens is 362 g/mol. The Morgan fingerprint density at radius 3 is 2.44 bits per heavy atom. The van der Waals surface area contributed by atoms with Gasteiger partial charge < -0.3 is 5.11 Å². The van der Waals surface area contributed by atoms with Gasteiger partial charge in [-0.3, -0.25) is 9.97 Å². The molecule has 2 atom stereocenters. The minimum absolute atomic E-state index is 0.150. The van der Waals surface area contributed by atoms with Crippen LogP contribution in [0, 0.1) is 0 Å². The van der Waals surface area contributed by atoms with Crippen LogP contribution >= 0.6 is 0 Å². The van der Waals surface area contributed by atoms with Crippen molar-refractivity contribution >= 4 is 10.0 Å². The number of hydrogen-bond donors (Lipinski definition) is 1. The zero-order valence-electron chi connectivity index (χ0n) is 14.5. The van der Waals surface area contributed by atoms with Gasteiger partial charge in [-0.1, -0.05) is 24.3 Å². The number of pyridine rings is 2. The van der Waals surface area contributed by atoms with Crippen LogP contribution < -0.4 is 0 Å². The van der Waals surface area contributed by atoms with E-state index < -0.39 is 22.2 Å². The van der Waals surface area contributed by atoms with Gasteiger partial charge in [-0.25, -0.2) is 8.42 Å². The maximum atomic E-state index is 13.3. The molecule has 1 aliphatic rings. The summed E-state index contributed by atoms with van der Waals surface area (Å²) < 4.78 is 28.1. The molecule has 0 amide bonds. The Kier molecular flexibility index (Phi) is 4.73. The van der Waals surface area contributed by atoms with E-state index in [1.807, 2.05) is 18.2 Å². The number of nitrogens with zero attached hydrogens (tertiary/aromatic N) is 3. The van der Waals surface area contributed by atoms with Gasteiger partial charge in [-0.05, 0) is 41.8 Å². The lowest BCUT2D eigenvalue weighted by Crippen LogP contribution is -2.48. The number of aliphatic hydroxyl groups excluding tert-OH is 1. The normalized spacial score (nSPS) is 21.5. The number of sulfonamides is 1. The van der Waals surface area contributed by atoms with Crippen LogP contribution in [0.1, 0.15) is 22.8 Å². The Morgan fingerprint density at radius 1 is 0.926 bits per heavy atom. The monoisotopic (exact) mass is 381 g/mol. The zero-order chi connectivity index (χ0) is 18.9. The minimum Gasteiger partial charge on any atom is -0.387 e. The predicted molar refractivity (Wildman–Crippen MR) is 100 cm³/mol. The van der Waals surface area contributed by atoms with Crippen LogP contribution in [-0.4, -0.2) is 33.8 Å². The minimum atomic E-state index is -3.75. The van der Waals surface area contributed by atoms with Gasteiger partial charge in [0, 0.05) is 36.9 Å². The molecule has 1 aromatic carbocycles. The molecule has 2 aromatic heterocycles. The molecule has 0 bridgehead atoms. The van der Waals surface area contributed by atoms with Gasteiger partial charge in [-0.2, -0.15) is 4.31 Å². The SMILES string of the molecule is O=S1(=O)c2ccccc2[C@H](O)[C@H](Cc2ccncc2)N1Cc1cccnc1. The molecule has 3 aromatic rings. The summed E-state index contributed by atoms with van der Waals surface area (Å²) in [6.45, 7) is 0.150. The van der Waals surface area contributed by atoms with E-state index in [-0.39, 0.29) is 11.4 Å². The highest BCUT2D eigenvalue weighted by Gasteiger charge is 2.43. The summed E-state index contributed by atoms with van der Waals surface area (Å²) in [5.74, 6) is 0. The lowest BCUT2D eigenvalue weighted by atomic mass is 9.96. The Labute approximate surface area is 158 Å². The first-order valence-electron chi connectivity index (χ1n) is 8.64. The molecule has 0 spiro atoms. The van der Waals surface area contributed by atoms with Gasteiger partial charge in [-0.15, -0.1) is 0 Å². The molecule has 138 valence electrons. The highest BCUT2D eigenvalue weighted by molar-refractivity contribution is 7.89. The van der Waals surface area contributed by atoms with Crippen molar-refractivity contribution < 1.29 is 13.5 Å². The van der Waals surface area contributed by atoms with Crippen molar-refractivity contribution in [1.82, 2.24) is 14.3 Å². The number of benzene rings is 1. The maximum Gasteiger partial charge on any atom is 0.244 e. The quantitative estimate of drug-likeness (QED) is 0.750. The van der Waals surface area contributed by atoms with E-state index in [0.29, 0.717) is 12.0 Å². The predicted octanol–water partition coefficient (Wildman–Crippen LogP) is 2.33. The van der Waals surface area contributed by atoms with E-state index in [0.717, 1.165) is 11.1 Å². The third-order valence-corrected chi connectivity index (χ3v) is 6.76. The van der Waals surface area contributed by atoms with Crippen molar-refractivity contribution in [3.8, 4) is 0 Å². The molecule has 0 fully saturated rings. The van der Waals surface area contributed by atoms with E-state index in [1.54, 1.807) is 55.1 Å². The van der Waals surface area contributed by atoms with Crippen molar-refractivity contribution in [3.05, 3.63) is 90.0 Å².